The molecule has 0 aromatic carbocycles. The number of piperidine rings is 1. The Morgan fingerprint density at radius 2 is 2.33 bits per heavy atom. The van der Waals surface area contributed by atoms with Gasteiger partial charge < -0.3 is 9.64 Å². The summed E-state index contributed by atoms with van der Waals surface area (Å²) in [6.45, 7) is 4.36. The molecule has 0 aliphatic carbocycles. The van der Waals surface area contributed by atoms with Gasteiger partial charge in [-0.05, 0) is 31.6 Å². The van der Waals surface area contributed by atoms with E-state index in [4.69, 9.17) is 16.3 Å². The molecule has 1 saturated heterocycles. The maximum Gasteiger partial charge on any atom is 0.409 e. The van der Waals surface area contributed by atoms with Crippen molar-refractivity contribution in [3.63, 3.8) is 0 Å². The van der Waals surface area contributed by atoms with Crippen LogP contribution in [0.25, 0.3) is 0 Å². The molecule has 1 fully saturated rings. The van der Waals surface area contributed by atoms with Crippen LogP contribution in [-0.4, -0.2) is 36.6 Å². The molecule has 0 radical (unpaired) electrons. The summed E-state index contributed by atoms with van der Waals surface area (Å²) in [6.07, 6.45) is 3.92. The van der Waals surface area contributed by atoms with Gasteiger partial charge in [0.25, 0.3) is 0 Å². The number of carbonyl (C=O) groups excluding carboxylic acids is 1. The van der Waals surface area contributed by atoms with Crippen LogP contribution < -0.4 is 0 Å². The molecule has 1 atom stereocenters. The van der Waals surface area contributed by atoms with Gasteiger partial charge in [-0.1, -0.05) is 6.92 Å². The van der Waals surface area contributed by atoms with Crippen LogP contribution in [0.2, 0.25) is 0 Å². The third-order valence-corrected chi connectivity index (χ3v) is 2.94. The number of nitrogens with zero attached hydrogens (tertiary/aromatic N) is 1. The Labute approximate surface area is 96.7 Å². The van der Waals surface area contributed by atoms with Gasteiger partial charge in [0.2, 0.25) is 0 Å². The van der Waals surface area contributed by atoms with Gasteiger partial charge in [0.1, 0.15) is 0 Å². The highest BCUT2D eigenvalue weighted by Crippen LogP contribution is 2.16. The molecule has 1 heterocycles. The van der Waals surface area contributed by atoms with E-state index in [9.17, 15) is 4.79 Å². The van der Waals surface area contributed by atoms with Crippen molar-refractivity contribution in [2.24, 2.45) is 5.92 Å². The molecule has 4 heteroatoms. The minimum atomic E-state index is -0.156. The maximum absolute atomic E-state index is 11.6. The largest absolute Gasteiger partial charge is 0.449 e. The van der Waals surface area contributed by atoms with Gasteiger partial charge in [-0.25, -0.2) is 4.79 Å². The number of hydrogen-bond acceptors (Lipinski definition) is 2. The van der Waals surface area contributed by atoms with E-state index in [1.165, 1.54) is 6.42 Å². The predicted molar refractivity (Wildman–Crippen MR) is 61.3 cm³/mol. The van der Waals surface area contributed by atoms with Crippen molar-refractivity contribution in [1.29, 1.82) is 0 Å². The molecule has 0 bridgehead atoms. The first kappa shape index (κ1) is 12.6. The van der Waals surface area contributed by atoms with Gasteiger partial charge >= 0.3 is 6.09 Å². The van der Waals surface area contributed by atoms with Crippen LogP contribution in [0.15, 0.2) is 0 Å². The highest BCUT2D eigenvalue weighted by molar-refractivity contribution is 6.17. The van der Waals surface area contributed by atoms with Crippen molar-refractivity contribution in [1.82, 2.24) is 4.90 Å². The molecule has 1 unspecified atom stereocenters. The minimum Gasteiger partial charge on any atom is -0.449 e. The average Bonchev–Trinajstić information content (AvgIpc) is 2.24. The highest BCUT2D eigenvalue weighted by Gasteiger charge is 2.21. The summed E-state index contributed by atoms with van der Waals surface area (Å²) >= 11 is 5.53. The molecule has 1 aliphatic rings. The molecule has 3 nitrogen and oxygen atoms in total. The van der Waals surface area contributed by atoms with E-state index >= 15 is 0 Å². The van der Waals surface area contributed by atoms with Crippen molar-refractivity contribution in [2.45, 2.75) is 32.6 Å². The van der Waals surface area contributed by atoms with Crippen molar-refractivity contribution >= 4 is 17.7 Å². The van der Waals surface area contributed by atoms with E-state index in [-0.39, 0.29) is 6.09 Å². The number of likely N-dealkylation sites (tertiary alicyclic amines) is 1. The normalized spacial score (nSPS) is 21.5. The van der Waals surface area contributed by atoms with E-state index in [0.717, 1.165) is 32.4 Å². The number of rotatable bonds is 4. The SMILES string of the molecule is CC1CCCN(C(=O)OCCCCCl)C1. The van der Waals surface area contributed by atoms with E-state index < -0.39 is 0 Å². The summed E-state index contributed by atoms with van der Waals surface area (Å²) in [7, 11) is 0. The Bertz CT molecular complexity index is 199. The Morgan fingerprint density at radius 3 is 3.00 bits per heavy atom. The number of amides is 1. The van der Waals surface area contributed by atoms with Gasteiger partial charge in [0.05, 0.1) is 6.61 Å². The van der Waals surface area contributed by atoms with E-state index in [2.05, 4.69) is 6.92 Å². The minimum absolute atomic E-state index is 0.156. The first-order valence-corrected chi connectivity index (χ1v) is 6.25. The molecule has 0 aromatic rings. The zero-order chi connectivity index (χ0) is 11.1. The van der Waals surface area contributed by atoms with Crippen LogP contribution in [0, 0.1) is 5.92 Å². The fraction of sp³-hybridized carbons (Fsp3) is 0.909. The molecule has 1 aliphatic heterocycles. The molecule has 88 valence electrons. The number of unbranched alkanes of at least 4 members (excludes halogenated alkanes) is 1. The first-order valence-electron chi connectivity index (χ1n) is 5.71. The van der Waals surface area contributed by atoms with Crippen LogP contribution in [0.3, 0.4) is 0 Å². The highest BCUT2D eigenvalue weighted by atomic mass is 35.5. The smallest absolute Gasteiger partial charge is 0.409 e. The van der Waals surface area contributed by atoms with Crippen molar-refractivity contribution in [3.8, 4) is 0 Å². The van der Waals surface area contributed by atoms with Crippen LogP contribution in [0.1, 0.15) is 32.6 Å². The third-order valence-electron chi connectivity index (χ3n) is 2.67. The zero-order valence-electron chi connectivity index (χ0n) is 9.38. The second kappa shape index (κ2) is 6.94. The number of ether oxygens (including phenoxy) is 1. The molecule has 15 heavy (non-hydrogen) atoms. The molecule has 0 spiro atoms. The third kappa shape index (κ3) is 4.74. The van der Waals surface area contributed by atoms with E-state index in [1.807, 2.05) is 4.90 Å². The van der Waals surface area contributed by atoms with Gasteiger partial charge in [-0.3, -0.25) is 0 Å². The molecule has 1 amide bonds. The Morgan fingerprint density at radius 1 is 1.53 bits per heavy atom. The quantitative estimate of drug-likeness (QED) is 0.552. The van der Waals surface area contributed by atoms with Crippen molar-refractivity contribution < 1.29 is 9.53 Å². The molecule has 1 rings (SSSR count). The lowest BCUT2D eigenvalue weighted by Crippen LogP contribution is -2.39. The number of halogens is 1. The lowest BCUT2D eigenvalue weighted by Gasteiger charge is -2.30. The fourth-order valence-corrected chi connectivity index (χ4v) is 1.99. The van der Waals surface area contributed by atoms with Gasteiger partial charge in [0, 0.05) is 19.0 Å². The van der Waals surface area contributed by atoms with E-state index in [0.29, 0.717) is 18.4 Å². The standard InChI is InChI=1S/C11H20ClNO2/c1-10-5-4-7-13(9-10)11(14)15-8-3-2-6-12/h10H,2-9H2,1H3. The summed E-state index contributed by atoms with van der Waals surface area (Å²) in [6, 6.07) is 0. The lowest BCUT2D eigenvalue weighted by atomic mass is 10.0. The Balaban J connectivity index is 2.15. The predicted octanol–water partition coefficient (Wildman–Crippen LogP) is 2.87. The summed E-state index contributed by atoms with van der Waals surface area (Å²) in [5, 5.41) is 0. The van der Waals surface area contributed by atoms with Crippen LogP contribution in [0.4, 0.5) is 4.79 Å². The van der Waals surface area contributed by atoms with E-state index in [1.54, 1.807) is 0 Å². The van der Waals surface area contributed by atoms with Crippen molar-refractivity contribution in [2.75, 3.05) is 25.6 Å². The molecule has 0 N–H and O–H groups in total. The molecule has 0 saturated carbocycles. The second-order valence-corrected chi connectivity index (χ2v) is 4.58. The Kier molecular flexibility index (Phi) is 5.84. The lowest BCUT2D eigenvalue weighted by molar-refractivity contribution is 0.0854. The van der Waals surface area contributed by atoms with Crippen molar-refractivity contribution in [3.05, 3.63) is 0 Å². The van der Waals surface area contributed by atoms with Gasteiger partial charge in [-0.2, -0.15) is 0 Å². The zero-order valence-corrected chi connectivity index (χ0v) is 10.1. The summed E-state index contributed by atoms with van der Waals surface area (Å²) in [4.78, 5) is 13.4. The second-order valence-electron chi connectivity index (χ2n) is 4.20. The average molecular weight is 234 g/mol. The first-order chi connectivity index (χ1) is 7.24. The number of alkyl halides is 1. The fourth-order valence-electron chi connectivity index (χ4n) is 1.80. The maximum atomic E-state index is 11.6. The van der Waals surface area contributed by atoms with Crippen LogP contribution in [0.5, 0.6) is 0 Å². The van der Waals surface area contributed by atoms with Crippen LogP contribution >= 0.6 is 11.6 Å². The number of carbonyl (C=O) groups is 1. The summed E-state index contributed by atoms with van der Waals surface area (Å²) < 4.78 is 5.16. The van der Waals surface area contributed by atoms with Gasteiger partial charge in [0.15, 0.2) is 0 Å². The number of hydrogen-bond donors (Lipinski definition) is 0. The topological polar surface area (TPSA) is 29.5 Å². The Hall–Kier alpha value is -0.440. The summed E-state index contributed by atoms with van der Waals surface area (Å²) in [5.41, 5.74) is 0. The monoisotopic (exact) mass is 233 g/mol. The molecule has 0 aromatic heterocycles. The molecular weight excluding hydrogens is 214 g/mol. The van der Waals surface area contributed by atoms with Gasteiger partial charge in [-0.15, -0.1) is 11.6 Å². The molecular formula is C11H20ClNO2. The van der Waals surface area contributed by atoms with Crippen LogP contribution in [-0.2, 0) is 4.74 Å². The summed E-state index contributed by atoms with van der Waals surface area (Å²) in [5.74, 6) is 1.24.